The number of nitrogens with one attached hydrogen (secondary N) is 1. The van der Waals surface area contributed by atoms with Gasteiger partial charge in [0.25, 0.3) is 11.5 Å². The predicted octanol–water partition coefficient (Wildman–Crippen LogP) is 2.29. The molecule has 1 N–H and O–H groups in total. The van der Waals surface area contributed by atoms with Crippen molar-refractivity contribution < 1.29 is 9.32 Å². The van der Waals surface area contributed by atoms with Crippen LogP contribution in [-0.2, 0) is 13.5 Å². The molecule has 0 radical (unpaired) electrons. The Labute approximate surface area is 138 Å². The standard InChI is InChI=1S/C17H18N4O3/c1-4-13-10-14(19-24-13)16(22)18-15-11(2)20(3)21(17(15)23)12-8-6-5-7-9-12/h5-10H,4H2,1-3H3,(H,18,22). The number of benzene rings is 1. The highest BCUT2D eigenvalue weighted by Crippen LogP contribution is 2.15. The van der Waals surface area contributed by atoms with E-state index in [-0.39, 0.29) is 16.9 Å². The first-order valence-corrected chi connectivity index (χ1v) is 7.64. The Balaban J connectivity index is 1.97. The third-order valence-corrected chi connectivity index (χ3v) is 3.93. The first kappa shape index (κ1) is 15.8. The van der Waals surface area contributed by atoms with E-state index in [1.165, 1.54) is 4.68 Å². The Morgan fingerprint density at radius 2 is 2.00 bits per heavy atom. The number of amides is 1. The maximum Gasteiger partial charge on any atom is 0.295 e. The van der Waals surface area contributed by atoms with Crippen LogP contribution < -0.4 is 10.9 Å². The van der Waals surface area contributed by atoms with E-state index in [2.05, 4.69) is 10.5 Å². The SMILES string of the molecule is CCc1cc(C(=O)Nc2c(C)n(C)n(-c3ccccc3)c2=O)no1. The highest BCUT2D eigenvalue weighted by atomic mass is 16.5. The van der Waals surface area contributed by atoms with Gasteiger partial charge in [-0.05, 0) is 19.1 Å². The fraction of sp³-hybridized carbons (Fsp3) is 0.235. The Bertz CT molecular complexity index is 935. The molecule has 1 amide bonds. The summed E-state index contributed by atoms with van der Waals surface area (Å²) in [6, 6.07) is 10.8. The third-order valence-electron chi connectivity index (χ3n) is 3.93. The van der Waals surface area contributed by atoms with Crippen molar-refractivity contribution >= 4 is 11.6 Å². The molecule has 2 heterocycles. The van der Waals surface area contributed by atoms with Crippen molar-refractivity contribution in [3.8, 4) is 5.69 Å². The van der Waals surface area contributed by atoms with Crippen molar-refractivity contribution in [1.82, 2.24) is 14.5 Å². The molecule has 7 heteroatoms. The van der Waals surface area contributed by atoms with Crippen LogP contribution in [0.1, 0.15) is 28.9 Å². The summed E-state index contributed by atoms with van der Waals surface area (Å²) in [6.07, 6.45) is 0.644. The van der Waals surface area contributed by atoms with Gasteiger partial charge >= 0.3 is 0 Å². The van der Waals surface area contributed by atoms with Crippen molar-refractivity contribution in [2.24, 2.45) is 7.05 Å². The van der Waals surface area contributed by atoms with Crippen molar-refractivity contribution in [2.45, 2.75) is 20.3 Å². The summed E-state index contributed by atoms with van der Waals surface area (Å²) >= 11 is 0. The number of hydrogen-bond donors (Lipinski definition) is 1. The maximum atomic E-state index is 12.7. The van der Waals surface area contributed by atoms with Crippen LogP contribution in [0.2, 0.25) is 0 Å². The van der Waals surface area contributed by atoms with E-state index in [0.29, 0.717) is 17.9 Å². The van der Waals surface area contributed by atoms with Crippen LogP contribution in [0.5, 0.6) is 0 Å². The molecule has 0 fully saturated rings. The molecule has 0 saturated heterocycles. The van der Waals surface area contributed by atoms with Crippen LogP contribution in [0.4, 0.5) is 5.69 Å². The number of aryl methyl sites for hydroxylation is 1. The Morgan fingerprint density at radius 1 is 1.29 bits per heavy atom. The summed E-state index contributed by atoms with van der Waals surface area (Å²) in [6.45, 7) is 3.68. The topological polar surface area (TPSA) is 82.1 Å². The van der Waals surface area contributed by atoms with E-state index in [0.717, 1.165) is 5.69 Å². The van der Waals surface area contributed by atoms with Gasteiger partial charge in [0.05, 0.1) is 11.4 Å². The van der Waals surface area contributed by atoms with Crippen LogP contribution in [0.25, 0.3) is 5.69 Å². The zero-order valence-corrected chi connectivity index (χ0v) is 13.7. The number of anilines is 1. The van der Waals surface area contributed by atoms with Crippen molar-refractivity contribution in [1.29, 1.82) is 0 Å². The first-order chi connectivity index (χ1) is 11.5. The monoisotopic (exact) mass is 326 g/mol. The molecule has 1 aromatic carbocycles. The highest BCUT2D eigenvalue weighted by molar-refractivity contribution is 6.03. The van der Waals surface area contributed by atoms with Crippen LogP contribution in [0, 0.1) is 6.92 Å². The van der Waals surface area contributed by atoms with Gasteiger partial charge in [0.2, 0.25) is 0 Å². The summed E-state index contributed by atoms with van der Waals surface area (Å²) in [5, 5.41) is 6.37. The second-order valence-corrected chi connectivity index (χ2v) is 5.42. The summed E-state index contributed by atoms with van der Waals surface area (Å²) in [5.41, 5.74) is 1.46. The Hall–Kier alpha value is -3.09. The molecule has 3 rings (SSSR count). The van der Waals surface area contributed by atoms with Gasteiger partial charge in [-0.3, -0.25) is 14.3 Å². The van der Waals surface area contributed by atoms with Gasteiger partial charge in [0.1, 0.15) is 11.4 Å². The third kappa shape index (κ3) is 2.64. The summed E-state index contributed by atoms with van der Waals surface area (Å²) in [7, 11) is 1.77. The minimum Gasteiger partial charge on any atom is -0.361 e. The number of carbonyl (C=O) groups is 1. The molecule has 0 bridgehead atoms. The molecule has 0 unspecified atom stereocenters. The molecule has 0 spiro atoms. The fourth-order valence-electron chi connectivity index (χ4n) is 2.48. The molecule has 0 atom stereocenters. The number of aromatic nitrogens is 3. The lowest BCUT2D eigenvalue weighted by molar-refractivity contribution is 0.101. The lowest BCUT2D eigenvalue weighted by atomic mass is 10.3. The quantitative estimate of drug-likeness (QED) is 0.797. The van der Waals surface area contributed by atoms with E-state index in [9.17, 15) is 9.59 Å². The summed E-state index contributed by atoms with van der Waals surface area (Å²) in [4.78, 5) is 25.0. The van der Waals surface area contributed by atoms with Crippen molar-refractivity contribution in [2.75, 3.05) is 5.32 Å². The molecule has 2 aromatic heterocycles. The van der Waals surface area contributed by atoms with Gasteiger partial charge in [-0.25, -0.2) is 4.68 Å². The molecule has 0 saturated carbocycles. The lowest BCUT2D eigenvalue weighted by Crippen LogP contribution is -2.23. The van der Waals surface area contributed by atoms with E-state index in [1.807, 2.05) is 37.3 Å². The van der Waals surface area contributed by atoms with Crippen LogP contribution in [-0.4, -0.2) is 20.4 Å². The average molecular weight is 326 g/mol. The normalized spacial score (nSPS) is 10.8. The number of para-hydroxylation sites is 1. The molecule has 24 heavy (non-hydrogen) atoms. The second-order valence-electron chi connectivity index (χ2n) is 5.42. The van der Waals surface area contributed by atoms with Gasteiger partial charge in [-0.1, -0.05) is 30.3 Å². The molecule has 7 nitrogen and oxygen atoms in total. The molecular formula is C17H18N4O3. The minimum atomic E-state index is -0.468. The van der Waals surface area contributed by atoms with Gasteiger partial charge in [0.15, 0.2) is 5.69 Å². The van der Waals surface area contributed by atoms with E-state index < -0.39 is 5.91 Å². The first-order valence-electron chi connectivity index (χ1n) is 7.64. The lowest BCUT2D eigenvalue weighted by Gasteiger charge is -2.07. The Kier molecular flexibility index (Phi) is 4.07. The molecule has 3 aromatic rings. The predicted molar refractivity (Wildman–Crippen MR) is 89.6 cm³/mol. The molecular weight excluding hydrogens is 308 g/mol. The Morgan fingerprint density at radius 3 is 2.62 bits per heavy atom. The van der Waals surface area contributed by atoms with Gasteiger partial charge in [-0.15, -0.1) is 0 Å². The number of nitrogens with zero attached hydrogens (tertiary/aromatic N) is 3. The van der Waals surface area contributed by atoms with Crippen molar-refractivity contribution in [3.05, 3.63) is 63.9 Å². The zero-order valence-electron chi connectivity index (χ0n) is 13.7. The highest BCUT2D eigenvalue weighted by Gasteiger charge is 2.20. The molecule has 0 aliphatic heterocycles. The molecule has 124 valence electrons. The number of hydrogen-bond acceptors (Lipinski definition) is 4. The van der Waals surface area contributed by atoms with Crippen molar-refractivity contribution in [3.63, 3.8) is 0 Å². The second kappa shape index (κ2) is 6.19. The van der Waals surface area contributed by atoms with Crippen LogP contribution in [0.15, 0.2) is 45.7 Å². The number of rotatable bonds is 4. The van der Waals surface area contributed by atoms with Gasteiger partial charge < -0.3 is 9.84 Å². The maximum absolute atomic E-state index is 12.7. The fourth-order valence-corrected chi connectivity index (χ4v) is 2.48. The molecule has 0 aliphatic carbocycles. The zero-order chi connectivity index (χ0) is 17.3. The molecule has 0 aliphatic rings. The number of carbonyl (C=O) groups excluding carboxylic acids is 1. The smallest absolute Gasteiger partial charge is 0.295 e. The summed E-state index contributed by atoms with van der Waals surface area (Å²) in [5.74, 6) is 0.149. The van der Waals surface area contributed by atoms with E-state index in [4.69, 9.17) is 4.52 Å². The van der Waals surface area contributed by atoms with Gasteiger partial charge in [0, 0.05) is 19.5 Å². The summed E-state index contributed by atoms with van der Waals surface area (Å²) < 4.78 is 8.24. The minimum absolute atomic E-state index is 0.153. The van der Waals surface area contributed by atoms with E-state index in [1.54, 1.807) is 24.7 Å². The van der Waals surface area contributed by atoms with E-state index >= 15 is 0 Å². The van der Waals surface area contributed by atoms with Crippen LogP contribution in [0.3, 0.4) is 0 Å². The van der Waals surface area contributed by atoms with Crippen LogP contribution >= 0.6 is 0 Å². The van der Waals surface area contributed by atoms with Gasteiger partial charge in [-0.2, -0.15) is 0 Å². The average Bonchev–Trinajstić information content (AvgIpc) is 3.15. The largest absolute Gasteiger partial charge is 0.361 e.